The smallest absolute Gasteiger partial charge is 0.380 e. The van der Waals surface area contributed by atoms with Gasteiger partial charge in [0.05, 0.1) is 23.3 Å². The first-order valence-electron chi connectivity index (χ1n) is 5.37. The average molecular weight is 307 g/mol. The summed E-state index contributed by atoms with van der Waals surface area (Å²) in [5.74, 6) is 0. The number of hydrogen-bond donors (Lipinski definition) is 1. The van der Waals surface area contributed by atoms with Gasteiger partial charge in [-0.3, -0.25) is 0 Å². The number of nitrogens with zero attached hydrogens (tertiary/aromatic N) is 1. The van der Waals surface area contributed by atoms with Gasteiger partial charge < -0.3 is 5.32 Å². The lowest BCUT2D eigenvalue weighted by Gasteiger charge is -2.11. The fourth-order valence-electron chi connectivity index (χ4n) is 1.53. The molecule has 0 radical (unpaired) electrons. The molecule has 0 saturated heterocycles. The summed E-state index contributed by atoms with van der Waals surface area (Å²) in [6.45, 7) is 2.28. The standard InChI is InChI=1S/C12H10ClF3N2S/c1-7-11(19-6-18-7)5-17-10-3-8(12(14,15)16)2-9(13)4-10/h2-4,6,17H,5H2,1H3. The Labute approximate surface area is 117 Å². The first-order chi connectivity index (χ1) is 8.86. The number of halogens is 4. The molecule has 1 aromatic heterocycles. The average Bonchev–Trinajstić information content (AvgIpc) is 2.70. The third-order valence-corrected chi connectivity index (χ3v) is 3.68. The molecule has 7 heteroatoms. The van der Waals surface area contributed by atoms with Gasteiger partial charge in [-0.1, -0.05) is 11.6 Å². The van der Waals surface area contributed by atoms with Gasteiger partial charge in [0, 0.05) is 15.6 Å². The van der Waals surface area contributed by atoms with E-state index in [2.05, 4.69) is 10.3 Å². The first kappa shape index (κ1) is 14.1. The third kappa shape index (κ3) is 3.61. The molecule has 0 atom stereocenters. The van der Waals surface area contributed by atoms with Gasteiger partial charge in [0.15, 0.2) is 0 Å². The van der Waals surface area contributed by atoms with Crippen molar-refractivity contribution in [1.82, 2.24) is 4.98 Å². The molecular weight excluding hydrogens is 297 g/mol. The highest BCUT2D eigenvalue weighted by atomic mass is 35.5. The number of anilines is 1. The van der Waals surface area contributed by atoms with Crippen LogP contribution in [0.3, 0.4) is 0 Å². The quantitative estimate of drug-likeness (QED) is 0.886. The zero-order valence-corrected chi connectivity index (χ0v) is 11.5. The molecule has 2 nitrogen and oxygen atoms in total. The highest BCUT2D eigenvalue weighted by Gasteiger charge is 2.31. The lowest BCUT2D eigenvalue weighted by Crippen LogP contribution is -2.06. The van der Waals surface area contributed by atoms with Crippen molar-refractivity contribution in [3.8, 4) is 0 Å². The fourth-order valence-corrected chi connectivity index (χ4v) is 2.49. The van der Waals surface area contributed by atoms with E-state index in [1.54, 1.807) is 5.51 Å². The molecule has 102 valence electrons. The van der Waals surface area contributed by atoms with E-state index in [-0.39, 0.29) is 5.02 Å². The van der Waals surface area contributed by atoms with Crippen LogP contribution >= 0.6 is 22.9 Å². The Bertz CT molecular complexity index is 581. The number of alkyl halides is 3. The second-order valence-electron chi connectivity index (χ2n) is 3.94. The second kappa shape index (κ2) is 5.38. The largest absolute Gasteiger partial charge is 0.416 e. The maximum atomic E-state index is 12.6. The summed E-state index contributed by atoms with van der Waals surface area (Å²) in [7, 11) is 0. The van der Waals surface area contributed by atoms with Crippen LogP contribution in [0, 0.1) is 6.92 Å². The number of benzene rings is 1. The van der Waals surface area contributed by atoms with Crippen LogP contribution in [0.4, 0.5) is 18.9 Å². The normalized spacial score (nSPS) is 11.6. The maximum absolute atomic E-state index is 12.6. The Hall–Kier alpha value is -1.27. The second-order valence-corrected chi connectivity index (χ2v) is 5.32. The molecule has 0 spiro atoms. The van der Waals surface area contributed by atoms with Crippen molar-refractivity contribution in [3.63, 3.8) is 0 Å². The van der Waals surface area contributed by atoms with Crippen molar-refractivity contribution < 1.29 is 13.2 Å². The van der Waals surface area contributed by atoms with Crippen LogP contribution in [0.2, 0.25) is 5.02 Å². The summed E-state index contributed by atoms with van der Waals surface area (Å²) in [4.78, 5) is 5.06. The van der Waals surface area contributed by atoms with Gasteiger partial charge in [-0.25, -0.2) is 4.98 Å². The maximum Gasteiger partial charge on any atom is 0.416 e. The number of rotatable bonds is 3. The molecular formula is C12H10ClF3N2S. The van der Waals surface area contributed by atoms with Crippen molar-refractivity contribution in [1.29, 1.82) is 0 Å². The van der Waals surface area contributed by atoms with Crippen molar-refractivity contribution in [2.75, 3.05) is 5.32 Å². The van der Waals surface area contributed by atoms with Crippen molar-refractivity contribution in [2.45, 2.75) is 19.6 Å². The van der Waals surface area contributed by atoms with E-state index in [0.717, 1.165) is 22.7 Å². The number of aryl methyl sites for hydroxylation is 1. The van der Waals surface area contributed by atoms with Crippen molar-refractivity contribution in [3.05, 3.63) is 44.9 Å². The first-order valence-corrected chi connectivity index (χ1v) is 6.62. The summed E-state index contributed by atoms with van der Waals surface area (Å²) in [6, 6.07) is 3.42. The zero-order chi connectivity index (χ0) is 14.0. The summed E-state index contributed by atoms with van der Waals surface area (Å²) < 4.78 is 37.9. The van der Waals surface area contributed by atoms with E-state index in [1.165, 1.54) is 17.4 Å². The van der Waals surface area contributed by atoms with Gasteiger partial charge in [-0.15, -0.1) is 11.3 Å². The molecule has 0 aliphatic carbocycles. The Morgan fingerprint density at radius 2 is 2.05 bits per heavy atom. The summed E-state index contributed by atoms with van der Waals surface area (Å²) in [5.41, 5.74) is 2.15. The highest BCUT2D eigenvalue weighted by molar-refractivity contribution is 7.09. The van der Waals surface area contributed by atoms with Crippen LogP contribution < -0.4 is 5.32 Å². The highest BCUT2D eigenvalue weighted by Crippen LogP contribution is 2.33. The van der Waals surface area contributed by atoms with Gasteiger partial charge >= 0.3 is 6.18 Å². The molecule has 0 unspecified atom stereocenters. The van der Waals surface area contributed by atoms with E-state index in [1.807, 2.05) is 6.92 Å². The predicted octanol–water partition coefficient (Wildman–Crippen LogP) is 4.74. The van der Waals surface area contributed by atoms with Gasteiger partial charge in [-0.05, 0) is 25.1 Å². The predicted molar refractivity (Wildman–Crippen MR) is 70.6 cm³/mol. The molecule has 1 aromatic carbocycles. The number of nitrogens with one attached hydrogen (secondary N) is 1. The van der Waals surface area contributed by atoms with Crippen LogP contribution in [0.1, 0.15) is 16.1 Å². The Kier molecular flexibility index (Phi) is 4.01. The molecule has 19 heavy (non-hydrogen) atoms. The van der Waals surface area contributed by atoms with Gasteiger partial charge in [0.25, 0.3) is 0 Å². The molecule has 1 N–H and O–H groups in total. The Morgan fingerprint density at radius 3 is 2.63 bits per heavy atom. The van der Waals surface area contributed by atoms with Crippen LogP contribution in [-0.4, -0.2) is 4.98 Å². The van der Waals surface area contributed by atoms with Crippen LogP contribution in [0.15, 0.2) is 23.7 Å². The Balaban J connectivity index is 2.17. The monoisotopic (exact) mass is 306 g/mol. The molecule has 0 fully saturated rings. The van der Waals surface area contributed by atoms with Gasteiger partial charge in [0.2, 0.25) is 0 Å². The van der Waals surface area contributed by atoms with Crippen LogP contribution in [0.5, 0.6) is 0 Å². The minimum atomic E-state index is -4.40. The van der Waals surface area contributed by atoms with Crippen molar-refractivity contribution >= 4 is 28.6 Å². The molecule has 0 aliphatic heterocycles. The lowest BCUT2D eigenvalue weighted by molar-refractivity contribution is -0.137. The van der Waals surface area contributed by atoms with Crippen LogP contribution in [-0.2, 0) is 12.7 Å². The van der Waals surface area contributed by atoms with E-state index in [9.17, 15) is 13.2 Å². The fraction of sp³-hybridized carbons (Fsp3) is 0.250. The minimum absolute atomic E-state index is 0.0540. The molecule has 2 rings (SSSR count). The molecule has 0 saturated carbocycles. The summed E-state index contributed by atoms with van der Waals surface area (Å²) in [5, 5.41) is 2.98. The molecule has 1 heterocycles. The zero-order valence-electron chi connectivity index (χ0n) is 9.88. The van der Waals surface area contributed by atoms with Gasteiger partial charge in [0.1, 0.15) is 0 Å². The van der Waals surface area contributed by atoms with E-state index >= 15 is 0 Å². The van der Waals surface area contributed by atoms with Crippen molar-refractivity contribution in [2.24, 2.45) is 0 Å². The minimum Gasteiger partial charge on any atom is -0.380 e. The SMILES string of the molecule is Cc1ncsc1CNc1cc(Cl)cc(C(F)(F)F)c1. The molecule has 0 bridgehead atoms. The third-order valence-electron chi connectivity index (χ3n) is 2.52. The topological polar surface area (TPSA) is 24.9 Å². The molecule has 0 amide bonds. The molecule has 2 aromatic rings. The Morgan fingerprint density at radius 1 is 1.32 bits per heavy atom. The molecule has 0 aliphatic rings. The number of aromatic nitrogens is 1. The van der Waals surface area contributed by atoms with Gasteiger partial charge in [-0.2, -0.15) is 13.2 Å². The van der Waals surface area contributed by atoms with E-state index in [4.69, 9.17) is 11.6 Å². The number of hydrogen-bond acceptors (Lipinski definition) is 3. The van der Waals surface area contributed by atoms with E-state index in [0.29, 0.717) is 12.2 Å². The van der Waals surface area contributed by atoms with E-state index < -0.39 is 11.7 Å². The number of thiazole rings is 1. The summed E-state index contributed by atoms with van der Waals surface area (Å²) in [6.07, 6.45) is -4.40. The van der Waals surface area contributed by atoms with Crippen LogP contribution in [0.25, 0.3) is 0 Å². The lowest BCUT2D eigenvalue weighted by atomic mass is 10.2. The summed E-state index contributed by atoms with van der Waals surface area (Å²) >= 11 is 7.15.